The summed E-state index contributed by atoms with van der Waals surface area (Å²) in [6.07, 6.45) is 0.463. The SMILES string of the molecule is COCCN1CCN(C(=O)CCN)CC1C. The molecule has 1 atom stereocenters. The molecule has 1 amide bonds. The third-order valence-corrected chi connectivity index (χ3v) is 3.06. The minimum absolute atomic E-state index is 0.181. The van der Waals surface area contributed by atoms with Crippen LogP contribution in [0.3, 0.4) is 0 Å². The predicted octanol–water partition coefficient (Wildman–Crippen LogP) is -0.486. The summed E-state index contributed by atoms with van der Waals surface area (Å²) in [7, 11) is 1.71. The molecule has 2 N–H and O–H groups in total. The molecule has 0 aromatic rings. The maximum atomic E-state index is 11.7. The molecule has 0 aromatic heterocycles. The van der Waals surface area contributed by atoms with Crippen LogP contribution in [0.4, 0.5) is 0 Å². The van der Waals surface area contributed by atoms with E-state index < -0.39 is 0 Å². The summed E-state index contributed by atoms with van der Waals surface area (Å²) in [4.78, 5) is 15.9. The van der Waals surface area contributed by atoms with Crippen LogP contribution in [0.1, 0.15) is 13.3 Å². The summed E-state index contributed by atoms with van der Waals surface area (Å²) in [6.45, 7) is 6.84. The van der Waals surface area contributed by atoms with Crippen LogP contribution in [-0.2, 0) is 9.53 Å². The Labute approximate surface area is 97.5 Å². The van der Waals surface area contributed by atoms with Crippen molar-refractivity contribution in [2.24, 2.45) is 5.73 Å². The molecular formula is C11H23N3O2. The van der Waals surface area contributed by atoms with Crippen LogP contribution in [0.2, 0.25) is 0 Å². The highest BCUT2D eigenvalue weighted by Gasteiger charge is 2.25. The largest absolute Gasteiger partial charge is 0.383 e. The van der Waals surface area contributed by atoms with E-state index in [-0.39, 0.29) is 5.91 Å². The number of methoxy groups -OCH3 is 1. The Morgan fingerprint density at radius 2 is 2.25 bits per heavy atom. The number of nitrogens with zero attached hydrogens (tertiary/aromatic N) is 2. The van der Waals surface area contributed by atoms with Gasteiger partial charge in [0.1, 0.15) is 0 Å². The van der Waals surface area contributed by atoms with E-state index >= 15 is 0 Å². The number of rotatable bonds is 5. The number of nitrogens with two attached hydrogens (primary N) is 1. The van der Waals surface area contributed by atoms with Gasteiger partial charge in [-0.3, -0.25) is 9.69 Å². The van der Waals surface area contributed by atoms with Crippen molar-refractivity contribution in [1.82, 2.24) is 9.80 Å². The van der Waals surface area contributed by atoms with E-state index in [0.717, 1.165) is 32.8 Å². The fourth-order valence-corrected chi connectivity index (χ4v) is 2.04. The fraction of sp³-hybridized carbons (Fsp3) is 0.909. The van der Waals surface area contributed by atoms with Crippen molar-refractivity contribution < 1.29 is 9.53 Å². The van der Waals surface area contributed by atoms with Gasteiger partial charge in [-0.05, 0) is 6.92 Å². The van der Waals surface area contributed by atoms with Crippen molar-refractivity contribution in [3.05, 3.63) is 0 Å². The topological polar surface area (TPSA) is 58.8 Å². The zero-order chi connectivity index (χ0) is 12.0. The van der Waals surface area contributed by atoms with Crippen molar-refractivity contribution in [3.8, 4) is 0 Å². The molecule has 0 aromatic carbocycles. The van der Waals surface area contributed by atoms with E-state index in [1.807, 2.05) is 4.90 Å². The van der Waals surface area contributed by atoms with Gasteiger partial charge in [-0.1, -0.05) is 0 Å². The van der Waals surface area contributed by atoms with Gasteiger partial charge in [0, 0.05) is 52.3 Å². The summed E-state index contributed by atoms with van der Waals surface area (Å²) in [6, 6.07) is 0.408. The lowest BCUT2D eigenvalue weighted by Crippen LogP contribution is -2.54. The van der Waals surface area contributed by atoms with Crippen molar-refractivity contribution in [2.45, 2.75) is 19.4 Å². The molecule has 1 rings (SSSR count). The van der Waals surface area contributed by atoms with Gasteiger partial charge in [0.15, 0.2) is 0 Å². The van der Waals surface area contributed by atoms with E-state index in [0.29, 0.717) is 19.0 Å². The summed E-state index contributed by atoms with van der Waals surface area (Å²) < 4.78 is 5.07. The van der Waals surface area contributed by atoms with Crippen LogP contribution in [-0.4, -0.2) is 68.2 Å². The van der Waals surface area contributed by atoms with Gasteiger partial charge in [0.25, 0.3) is 0 Å². The molecule has 0 bridgehead atoms. The highest BCUT2D eigenvalue weighted by molar-refractivity contribution is 5.76. The predicted molar refractivity (Wildman–Crippen MR) is 63.2 cm³/mol. The van der Waals surface area contributed by atoms with Crippen LogP contribution in [0.15, 0.2) is 0 Å². The summed E-state index contributed by atoms with van der Waals surface area (Å²) in [5.41, 5.74) is 5.39. The maximum Gasteiger partial charge on any atom is 0.223 e. The fourth-order valence-electron chi connectivity index (χ4n) is 2.04. The molecule has 0 radical (unpaired) electrons. The Kier molecular flexibility index (Phi) is 5.73. The van der Waals surface area contributed by atoms with E-state index in [1.165, 1.54) is 0 Å². The van der Waals surface area contributed by atoms with Gasteiger partial charge >= 0.3 is 0 Å². The lowest BCUT2D eigenvalue weighted by atomic mass is 10.2. The van der Waals surface area contributed by atoms with Crippen molar-refractivity contribution in [2.75, 3.05) is 46.4 Å². The molecule has 1 aliphatic heterocycles. The second-order valence-corrected chi connectivity index (χ2v) is 4.26. The average molecular weight is 229 g/mol. The number of piperazine rings is 1. The Balaban J connectivity index is 2.35. The van der Waals surface area contributed by atoms with Gasteiger partial charge in [-0.15, -0.1) is 0 Å². The Morgan fingerprint density at radius 1 is 1.50 bits per heavy atom. The lowest BCUT2D eigenvalue weighted by Gasteiger charge is -2.39. The molecule has 0 spiro atoms. The molecule has 1 aliphatic rings. The standard InChI is InChI=1S/C11H23N3O2/c1-10-9-14(11(15)3-4-12)6-5-13(10)7-8-16-2/h10H,3-9,12H2,1-2H3. The van der Waals surface area contributed by atoms with Crippen molar-refractivity contribution >= 4 is 5.91 Å². The third kappa shape index (κ3) is 3.73. The lowest BCUT2D eigenvalue weighted by molar-refractivity contribution is -0.133. The van der Waals surface area contributed by atoms with Gasteiger partial charge in [0.2, 0.25) is 5.91 Å². The summed E-state index contributed by atoms with van der Waals surface area (Å²) in [5.74, 6) is 0.181. The van der Waals surface area contributed by atoms with Crippen molar-refractivity contribution in [1.29, 1.82) is 0 Å². The molecule has 1 saturated heterocycles. The minimum Gasteiger partial charge on any atom is -0.383 e. The maximum absolute atomic E-state index is 11.7. The van der Waals surface area contributed by atoms with Gasteiger partial charge < -0.3 is 15.4 Å². The Bertz CT molecular complexity index is 223. The normalized spacial score (nSPS) is 22.4. The van der Waals surface area contributed by atoms with E-state index in [2.05, 4.69) is 11.8 Å². The summed E-state index contributed by atoms with van der Waals surface area (Å²) >= 11 is 0. The third-order valence-electron chi connectivity index (χ3n) is 3.06. The first-order valence-electron chi connectivity index (χ1n) is 5.90. The molecule has 1 unspecified atom stereocenters. The first-order valence-corrected chi connectivity index (χ1v) is 5.90. The number of amides is 1. The second kappa shape index (κ2) is 6.83. The molecule has 94 valence electrons. The number of carbonyl (C=O) groups is 1. The quantitative estimate of drug-likeness (QED) is 0.691. The highest BCUT2D eigenvalue weighted by Crippen LogP contribution is 2.09. The van der Waals surface area contributed by atoms with Crippen LogP contribution >= 0.6 is 0 Å². The Morgan fingerprint density at radius 3 is 2.81 bits per heavy atom. The van der Waals surface area contributed by atoms with Gasteiger partial charge in [-0.25, -0.2) is 0 Å². The number of hydrogen-bond acceptors (Lipinski definition) is 4. The zero-order valence-corrected chi connectivity index (χ0v) is 10.3. The van der Waals surface area contributed by atoms with E-state index in [1.54, 1.807) is 7.11 Å². The average Bonchev–Trinajstić information content (AvgIpc) is 2.27. The molecule has 5 nitrogen and oxygen atoms in total. The van der Waals surface area contributed by atoms with Crippen LogP contribution < -0.4 is 5.73 Å². The van der Waals surface area contributed by atoms with Crippen LogP contribution in [0, 0.1) is 0 Å². The molecule has 0 aliphatic carbocycles. The first-order chi connectivity index (χ1) is 7.69. The number of hydrogen-bond donors (Lipinski definition) is 1. The van der Waals surface area contributed by atoms with E-state index in [4.69, 9.17) is 10.5 Å². The molecule has 16 heavy (non-hydrogen) atoms. The van der Waals surface area contributed by atoms with Crippen LogP contribution in [0.25, 0.3) is 0 Å². The van der Waals surface area contributed by atoms with E-state index in [9.17, 15) is 4.79 Å². The zero-order valence-electron chi connectivity index (χ0n) is 10.3. The van der Waals surface area contributed by atoms with Gasteiger partial charge in [-0.2, -0.15) is 0 Å². The molecule has 1 heterocycles. The second-order valence-electron chi connectivity index (χ2n) is 4.26. The smallest absolute Gasteiger partial charge is 0.223 e. The number of ether oxygens (including phenoxy) is 1. The summed E-state index contributed by atoms with van der Waals surface area (Å²) in [5, 5.41) is 0. The molecule has 1 fully saturated rings. The molecule has 5 heteroatoms. The van der Waals surface area contributed by atoms with Crippen LogP contribution in [0.5, 0.6) is 0 Å². The molecular weight excluding hydrogens is 206 g/mol. The Hall–Kier alpha value is -0.650. The van der Waals surface area contributed by atoms with Crippen molar-refractivity contribution in [3.63, 3.8) is 0 Å². The van der Waals surface area contributed by atoms with Gasteiger partial charge in [0.05, 0.1) is 6.61 Å². The first kappa shape index (κ1) is 13.4. The molecule has 0 saturated carbocycles. The highest BCUT2D eigenvalue weighted by atomic mass is 16.5. The monoisotopic (exact) mass is 229 g/mol. The number of carbonyl (C=O) groups excluding carboxylic acids is 1. The minimum atomic E-state index is 0.181.